The van der Waals surface area contributed by atoms with Crippen molar-refractivity contribution >= 4 is 5.78 Å². The van der Waals surface area contributed by atoms with Crippen molar-refractivity contribution in [3.05, 3.63) is 34.4 Å². The topological polar surface area (TPSA) is 29.5 Å². The van der Waals surface area contributed by atoms with Crippen molar-refractivity contribution in [3.8, 4) is 0 Å². The fourth-order valence-corrected chi connectivity index (χ4v) is 2.75. The number of morpholine rings is 1. The summed E-state index contributed by atoms with van der Waals surface area (Å²) in [5.41, 5.74) is 4.82. The van der Waals surface area contributed by atoms with Gasteiger partial charge in [0, 0.05) is 19.5 Å². The molecule has 1 atom stereocenters. The molecule has 3 nitrogen and oxygen atoms in total. The third kappa shape index (κ3) is 3.43. The van der Waals surface area contributed by atoms with E-state index in [2.05, 4.69) is 37.8 Å². The molecular weight excluding hydrogens is 238 g/mol. The molecule has 2 rings (SSSR count). The molecule has 1 aliphatic rings. The lowest BCUT2D eigenvalue weighted by Gasteiger charge is -2.29. The number of hydrogen-bond donors (Lipinski definition) is 0. The van der Waals surface area contributed by atoms with Crippen LogP contribution in [-0.2, 0) is 16.0 Å². The van der Waals surface area contributed by atoms with E-state index in [9.17, 15) is 4.79 Å². The summed E-state index contributed by atoms with van der Waals surface area (Å²) in [4.78, 5) is 14.5. The Morgan fingerprint density at radius 3 is 2.53 bits per heavy atom. The van der Waals surface area contributed by atoms with Gasteiger partial charge in [-0.05, 0) is 44.5 Å². The first-order chi connectivity index (χ1) is 8.97. The lowest BCUT2D eigenvalue weighted by atomic mass is 9.94. The highest BCUT2D eigenvalue weighted by molar-refractivity contribution is 5.86. The van der Waals surface area contributed by atoms with E-state index in [1.165, 1.54) is 16.7 Å². The van der Waals surface area contributed by atoms with Gasteiger partial charge in [-0.2, -0.15) is 0 Å². The van der Waals surface area contributed by atoms with Gasteiger partial charge in [-0.15, -0.1) is 0 Å². The van der Waals surface area contributed by atoms with Crippen LogP contribution in [0.25, 0.3) is 0 Å². The molecule has 3 heteroatoms. The lowest BCUT2D eigenvalue weighted by Crippen LogP contribution is -2.44. The van der Waals surface area contributed by atoms with Gasteiger partial charge in [0.2, 0.25) is 0 Å². The van der Waals surface area contributed by atoms with Crippen molar-refractivity contribution in [1.82, 2.24) is 4.90 Å². The maximum Gasteiger partial charge on any atom is 0.167 e. The second-order valence-corrected chi connectivity index (χ2v) is 5.64. The van der Waals surface area contributed by atoms with Crippen molar-refractivity contribution in [2.45, 2.75) is 33.3 Å². The molecule has 0 saturated carbocycles. The van der Waals surface area contributed by atoms with Crippen LogP contribution in [0, 0.1) is 20.8 Å². The van der Waals surface area contributed by atoms with Crippen LogP contribution in [0.15, 0.2) is 12.1 Å². The van der Waals surface area contributed by atoms with Gasteiger partial charge in [0.25, 0.3) is 0 Å². The monoisotopic (exact) mass is 261 g/mol. The van der Waals surface area contributed by atoms with Crippen molar-refractivity contribution in [1.29, 1.82) is 0 Å². The summed E-state index contributed by atoms with van der Waals surface area (Å²) in [5, 5.41) is 0. The third-order valence-corrected chi connectivity index (χ3v) is 3.82. The molecule has 1 heterocycles. The van der Waals surface area contributed by atoms with Gasteiger partial charge < -0.3 is 9.64 Å². The van der Waals surface area contributed by atoms with E-state index in [-0.39, 0.29) is 11.9 Å². The van der Waals surface area contributed by atoms with Crippen molar-refractivity contribution in [2.75, 3.05) is 26.7 Å². The molecule has 0 aliphatic carbocycles. The fourth-order valence-electron chi connectivity index (χ4n) is 2.75. The largest absolute Gasteiger partial charge is 0.368 e. The minimum Gasteiger partial charge on any atom is -0.368 e. The second kappa shape index (κ2) is 5.85. The number of benzene rings is 1. The van der Waals surface area contributed by atoms with Crippen LogP contribution in [0.1, 0.15) is 22.3 Å². The molecule has 1 aromatic carbocycles. The smallest absolute Gasteiger partial charge is 0.167 e. The number of carbonyl (C=O) groups is 1. The molecule has 1 unspecified atom stereocenters. The number of ketones is 1. The summed E-state index contributed by atoms with van der Waals surface area (Å²) in [6.07, 6.45) is 0.218. The average Bonchev–Trinajstić information content (AvgIpc) is 2.33. The minimum atomic E-state index is -0.265. The standard InChI is InChI=1S/C16H23NO2/c1-11-7-12(2)14(13(3)8-11)9-15(18)16-10-17(4)5-6-19-16/h7-8,16H,5-6,9-10H2,1-4H3. The van der Waals surface area contributed by atoms with Crippen LogP contribution < -0.4 is 0 Å². The second-order valence-electron chi connectivity index (χ2n) is 5.64. The van der Waals surface area contributed by atoms with E-state index >= 15 is 0 Å². The average molecular weight is 261 g/mol. The summed E-state index contributed by atoms with van der Waals surface area (Å²) in [6, 6.07) is 4.28. The van der Waals surface area contributed by atoms with E-state index < -0.39 is 0 Å². The first-order valence-electron chi connectivity index (χ1n) is 6.87. The van der Waals surface area contributed by atoms with Gasteiger partial charge in [-0.1, -0.05) is 17.7 Å². The predicted octanol–water partition coefficient (Wildman–Crippen LogP) is 2.05. The zero-order valence-corrected chi connectivity index (χ0v) is 12.3. The molecule has 1 aliphatic heterocycles. The van der Waals surface area contributed by atoms with E-state index in [4.69, 9.17) is 4.74 Å². The Morgan fingerprint density at radius 1 is 1.32 bits per heavy atom. The summed E-state index contributed by atoms with van der Waals surface area (Å²) >= 11 is 0. The SMILES string of the molecule is Cc1cc(C)c(CC(=O)C2CN(C)CCO2)c(C)c1. The van der Waals surface area contributed by atoms with Gasteiger partial charge >= 0.3 is 0 Å². The van der Waals surface area contributed by atoms with Crippen LogP contribution in [0.2, 0.25) is 0 Å². The number of carbonyl (C=O) groups excluding carboxylic acids is 1. The first kappa shape index (κ1) is 14.2. The zero-order valence-electron chi connectivity index (χ0n) is 12.3. The van der Waals surface area contributed by atoms with Crippen LogP contribution in [0.4, 0.5) is 0 Å². The predicted molar refractivity (Wildman–Crippen MR) is 76.6 cm³/mol. The summed E-state index contributed by atoms with van der Waals surface area (Å²) in [6.45, 7) is 8.52. The highest BCUT2D eigenvalue weighted by Crippen LogP contribution is 2.18. The summed E-state index contributed by atoms with van der Waals surface area (Å²) in [7, 11) is 2.03. The molecule has 104 valence electrons. The minimum absolute atomic E-state index is 0.196. The Morgan fingerprint density at radius 2 is 1.95 bits per heavy atom. The number of aryl methyl sites for hydroxylation is 3. The molecule has 0 radical (unpaired) electrons. The number of nitrogens with zero attached hydrogens (tertiary/aromatic N) is 1. The molecule has 0 bridgehead atoms. The van der Waals surface area contributed by atoms with Gasteiger partial charge in [0.1, 0.15) is 6.10 Å². The number of ether oxygens (including phenoxy) is 1. The highest BCUT2D eigenvalue weighted by Gasteiger charge is 2.25. The van der Waals surface area contributed by atoms with Crippen molar-refractivity contribution in [3.63, 3.8) is 0 Å². The Bertz CT molecular complexity index is 459. The molecule has 0 N–H and O–H groups in total. The third-order valence-electron chi connectivity index (χ3n) is 3.82. The van der Waals surface area contributed by atoms with Gasteiger partial charge in [-0.25, -0.2) is 0 Å². The van der Waals surface area contributed by atoms with E-state index in [1.807, 2.05) is 7.05 Å². The maximum absolute atomic E-state index is 12.4. The fraction of sp³-hybridized carbons (Fsp3) is 0.562. The molecule has 19 heavy (non-hydrogen) atoms. The number of likely N-dealkylation sites (N-methyl/N-ethyl adjacent to an activating group) is 1. The molecule has 0 spiro atoms. The normalized spacial score (nSPS) is 20.5. The van der Waals surface area contributed by atoms with Crippen LogP contribution in [0.3, 0.4) is 0 Å². The summed E-state index contributed by atoms with van der Waals surface area (Å²) in [5.74, 6) is 0.196. The lowest BCUT2D eigenvalue weighted by molar-refractivity contribution is -0.134. The van der Waals surface area contributed by atoms with Crippen LogP contribution >= 0.6 is 0 Å². The molecular formula is C16H23NO2. The van der Waals surface area contributed by atoms with Gasteiger partial charge in [0.15, 0.2) is 5.78 Å². The van der Waals surface area contributed by atoms with Gasteiger partial charge in [-0.3, -0.25) is 4.79 Å². The molecule has 1 aromatic rings. The highest BCUT2D eigenvalue weighted by atomic mass is 16.5. The zero-order chi connectivity index (χ0) is 14.0. The number of rotatable bonds is 3. The Balaban J connectivity index is 2.10. The van der Waals surface area contributed by atoms with Crippen LogP contribution in [0.5, 0.6) is 0 Å². The Hall–Kier alpha value is -1.19. The summed E-state index contributed by atoms with van der Waals surface area (Å²) < 4.78 is 5.59. The molecule has 1 saturated heterocycles. The van der Waals surface area contributed by atoms with Crippen LogP contribution in [-0.4, -0.2) is 43.5 Å². The Labute approximate surface area is 115 Å². The van der Waals surface area contributed by atoms with E-state index in [0.717, 1.165) is 12.1 Å². The van der Waals surface area contributed by atoms with Crippen molar-refractivity contribution in [2.24, 2.45) is 0 Å². The van der Waals surface area contributed by atoms with E-state index in [0.29, 0.717) is 19.6 Å². The maximum atomic E-state index is 12.4. The molecule has 1 fully saturated rings. The quantitative estimate of drug-likeness (QED) is 0.834. The Kier molecular flexibility index (Phi) is 4.38. The number of hydrogen-bond acceptors (Lipinski definition) is 3. The van der Waals surface area contributed by atoms with Crippen molar-refractivity contribution < 1.29 is 9.53 Å². The molecule has 0 aromatic heterocycles. The first-order valence-corrected chi connectivity index (χ1v) is 6.87. The van der Waals surface area contributed by atoms with Gasteiger partial charge in [0.05, 0.1) is 6.61 Å². The number of Topliss-reactive ketones (excluding diaryl/α,β-unsaturated/α-hetero) is 1. The molecule has 0 amide bonds. The van der Waals surface area contributed by atoms with E-state index in [1.54, 1.807) is 0 Å².